The van der Waals surface area contributed by atoms with E-state index in [1.165, 1.54) is 0 Å². The van der Waals surface area contributed by atoms with Crippen LogP contribution in [0.2, 0.25) is 10.0 Å². The summed E-state index contributed by atoms with van der Waals surface area (Å²) in [4.78, 5) is 22.9. The van der Waals surface area contributed by atoms with Crippen molar-refractivity contribution in [3.05, 3.63) is 33.8 Å². The second-order valence-corrected chi connectivity index (χ2v) is 5.68. The number of benzene rings is 1. The van der Waals surface area contributed by atoms with Gasteiger partial charge in [-0.3, -0.25) is 4.79 Å². The predicted octanol–water partition coefficient (Wildman–Crippen LogP) is 3.69. The third kappa shape index (κ3) is 6.36. The normalized spacial score (nSPS) is 12.0. The third-order valence-corrected chi connectivity index (χ3v) is 3.70. The maximum atomic E-state index is 11.8. The van der Waals surface area contributed by atoms with E-state index in [1.807, 2.05) is 6.92 Å². The predicted molar refractivity (Wildman–Crippen MR) is 83.9 cm³/mol. The van der Waals surface area contributed by atoms with Crippen molar-refractivity contribution >= 4 is 35.1 Å². The quantitative estimate of drug-likeness (QED) is 0.763. The number of aryl methyl sites for hydroxylation is 1. The van der Waals surface area contributed by atoms with Crippen LogP contribution in [0.25, 0.3) is 0 Å². The fraction of sp³-hybridized carbons (Fsp3) is 0.467. The summed E-state index contributed by atoms with van der Waals surface area (Å²) in [5.41, 5.74) is 0.816. The number of halogens is 2. The Morgan fingerprint density at radius 1 is 1.33 bits per heavy atom. The Morgan fingerprint density at radius 3 is 2.62 bits per heavy atom. The molecule has 0 fully saturated rings. The average Bonchev–Trinajstić information content (AvgIpc) is 2.42. The van der Waals surface area contributed by atoms with E-state index in [4.69, 9.17) is 28.3 Å². The summed E-state index contributed by atoms with van der Waals surface area (Å²) in [5, 5.41) is 12.7. The molecule has 0 spiro atoms. The topological polar surface area (TPSA) is 66.4 Å². The van der Waals surface area contributed by atoms with Crippen molar-refractivity contribution in [2.24, 2.45) is 0 Å². The van der Waals surface area contributed by atoms with Crippen molar-refractivity contribution < 1.29 is 14.7 Å². The Morgan fingerprint density at radius 2 is 2.05 bits per heavy atom. The van der Waals surface area contributed by atoms with Gasteiger partial charge < -0.3 is 10.4 Å². The lowest BCUT2D eigenvalue weighted by Crippen LogP contribution is -2.40. The number of hydrogen-bond donors (Lipinski definition) is 2. The number of aliphatic carboxylic acids is 1. The van der Waals surface area contributed by atoms with Gasteiger partial charge in [0, 0.05) is 16.5 Å². The van der Waals surface area contributed by atoms with Gasteiger partial charge in [0.25, 0.3) is 0 Å². The molecule has 0 heterocycles. The summed E-state index contributed by atoms with van der Waals surface area (Å²) < 4.78 is 0. The monoisotopic (exact) mass is 331 g/mol. The molecule has 1 rings (SSSR count). The number of carboxylic acids is 1. The van der Waals surface area contributed by atoms with E-state index in [0.29, 0.717) is 22.9 Å². The lowest BCUT2D eigenvalue weighted by molar-refractivity contribution is -0.142. The van der Waals surface area contributed by atoms with Crippen LogP contribution in [0.4, 0.5) is 0 Å². The summed E-state index contributed by atoms with van der Waals surface area (Å²) in [6.45, 7) is 1.98. The zero-order valence-electron chi connectivity index (χ0n) is 11.9. The van der Waals surface area contributed by atoms with Crippen LogP contribution >= 0.6 is 23.2 Å². The fourth-order valence-corrected chi connectivity index (χ4v) is 2.41. The molecule has 6 heteroatoms. The molecule has 1 aromatic carbocycles. The molecule has 1 amide bonds. The molecule has 1 atom stereocenters. The van der Waals surface area contributed by atoms with E-state index in [-0.39, 0.29) is 12.3 Å². The van der Waals surface area contributed by atoms with Crippen molar-refractivity contribution in [3.63, 3.8) is 0 Å². The van der Waals surface area contributed by atoms with Gasteiger partial charge in [-0.1, -0.05) is 49.0 Å². The second kappa shape index (κ2) is 8.90. The summed E-state index contributed by atoms with van der Waals surface area (Å²) in [5.74, 6) is -1.29. The molecule has 0 radical (unpaired) electrons. The van der Waals surface area contributed by atoms with Gasteiger partial charge in [0.15, 0.2) is 0 Å². The molecule has 0 unspecified atom stereocenters. The molecule has 21 heavy (non-hydrogen) atoms. The smallest absolute Gasteiger partial charge is 0.326 e. The summed E-state index contributed by atoms with van der Waals surface area (Å²) >= 11 is 11.8. The number of carbonyl (C=O) groups excluding carboxylic acids is 1. The van der Waals surface area contributed by atoms with Crippen molar-refractivity contribution in [2.45, 2.75) is 45.1 Å². The SMILES string of the molecule is CCCC[C@H](NC(=O)CCc1ccc(Cl)cc1Cl)C(=O)O. The minimum atomic E-state index is -0.999. The van der Waals surface area contributed by atoms with Crippen LogP contribution in [-0.4, -0.2) is 23.0 Å². The van der Waals surface area contributed by atoms with Crippen LogP contribution in [0, 0.1) is 0 Å². The molecular weight excluding hydrogens is 313 g/mol. The average molecular weight is 332 g/mol. The van der Waals surface area contributed by atoms with E-state index in [9.17, 15) is 9.59 Å². The molecule has 0 aliphatic heterocycles. The minimum Gasteiger partial charge on any atom is -0.480 e. The molecule has 1 aromatic rings. The van der Waals surface area contributed by atoms with Crippen LogP contribution in [0.1, 0.15) is 38.2 Å². The summed E-state index contributed by atoms with van der Waals surface area (Å²) in [6.07, 6.45) is 2.73. The largest absolute Gasteiger partial charge is 0.480 e. The van der Waals surface area contributed by atoms with E-state index < -0.39 is 12.0 Å². The van der Waals surface area contributed by atoms with E-state index >= 15 is 0 Å². The van der Waals surface area contributed by atoms with Crippen LogP contribution in [-0.2, 0) is 16.0 Å². The Kier molecular flexibility index (Phi) is 7.54. The fourth-order valence-electron chi connectivity index (χ4n) is 1.90. The molecule has 0 aromatic heterocycles. The van der Waals surface area contributed by atoms with Gasteiger partial charge in [-0.05, 0) is 30.5 Å². The van der Waals surface area contributed by atoms with E-state index in [2.05, 4.69) is 5.32 Å². The van der Waals surface area contributed by atoms with Crippen LogP contribution in [0.15, 0.2) is 18.2 Å². The number of carbonyl (C=O) groups is 2. The van der Waals surface area contributed by atoms with Crippen molar-refractivity contribution in [1.29, 1.82) is 0 Å². The van der Waals surface area contributed by atoms with Gasteiger partial charge >= 0.3 is 5.97 Å². The molecule has 4 nitrogen and oxygen atoms in total. The van der Waals surface area contributed by atoms with Crippen molar-refractivity contribution in [2.75, 3.05) is 0 Å². The van der Waals surface area contributed by atoms with Crippen molar-refractivity contribution in [1.82, 2.24) is 5.32 Å². The highest BCUT2D eigenvalue weighted by atomic mass is 35.5. The number of hydrogen-bond acceptors (Lipinski definition) is 2. The Hall–Kier alpha value is -1.26. The number of nitrogens with one attached hydrogen (secondary N) is 1. The van der Waals surface area contributed by atoms with Gasteiger partial charge in [0.05, 0.1) is 0 Å². The highest BCUT2D eigenvalue weighted by molar-refractivity contribution is 6.35. The molecule has 2 N–H and O–H groups in total. The van der Waals surface area contributed by atoms with Crippen LogP contribution in [0.5, 0.6) is 0 Å². The lowest BCUT2D eigenvalue weighted by Gasteiger charge is -2.14. The van der Waals surface area contributed by atoms with Gasteiger partial charge in [0.2, 0.25) is 5.91 Å². The Labute approximate surface area is 134 Å². The molecule has 0 saturated heterocycles. The van der Waals surface area contributed by atoms with E-state index in [0.717, 1.165) is 18.4 Å². The highest BCUT2D eigenvalue weighted by Gasteiger charge is 2.19. The maximum absolute atomic E-state index is 11.8. The van der Waals surface area contributed by atoms with Gasteiger partial charge in [-0.25, -0.2) is 4.79 Å². The van der Waals surface area contributed by atoms with E-state index in [1.54, 1.807) is 18.2 Å². The van der Waals surface area contributed by atoms with Gasteiger partial charge in [-0.15, -0.1) is 0 Å². The van der Waals surface area contributed by atoms with Crippen LogP contribution < -0.4 is 5.32 Å². The maximum Gasteiger partial charge on any atom is 0.326 e. The lowest BCUT2D eigenvalue weighted by atomic mass is 10.1. The number of carboxylic acid groups (broad SMARTS) is 1. The second-order valence-electron chi connectivity index (χ2n) is 4.84. The zero-order chi connectivity index (χ0) is 15.8. The van der Waals surface area contributed by atoms with Gasteiger partial charge in [0.1, 0.15) is 6.04 Å². The van der Waals surface area contributed by atoms with Gasteiger partial charge in [-0.2, -0.15) is 0 Å². The minimum absolute atomic E-state index is 0.192. The third-order valence-electron chi connectivity index (χ3n) is 3.12. The molecule has 0 bridgehead atoms. The molecule has 0 aliphatic rings. The standard InChI is InChI=1S/C15H19Cl2NO3/c1-2-3-4-13(15(20)21)18-14(19)8-6-10-5-7-11(16)9-12(10)17/h5,7,9,13H,2-4,6,8H2,1H3,(H,18,19)(H,20,21)/t13-/m0/s1. The molecular formula is C15H19Cl2NO3. The first-order chi connectivity index (χ1) is 9.93. The first-order valence-electron chi connectivity index (χ1n) is 6.90. The summed E-state index contributed by atoms with van der Waals surface area (Å²) in [7, 11) is 0. The zero-order valence-corrected chi connectivity index (χ0v) is 13.4. The first kappa shape index (κ1) is 17.8. The van der Waals surface area contributed by atoms with Crippen molar-refractivity contribution in [3.8, 4) is 0 Å². The number of rotatable bonds is 8. The summed E-state index contributed by atoms with van der Waals surface area (Å²) in [6, 6.07) is 4.28. The molecule has 0 aliphatic carbocycles. The van der Waals surface area contributed by atoms with Crippen LogP contribution in [0.3, 0.4) is 0 Å². The highest BCUT2D eigenvalue weighted by Crippen LogP contribution is 2.22. The Bertz CT molecular complexity index is 506. The molecule has 0 saturated carbocycles. The Balaban J connectivity index is 2.50. The number of amides is 1. The number of unbranched alkanes of at least 4 members (excludes halogenated alkanes) is 1. The first-order valence-corrected chi connectivity index (χ1v) is 7.65. The molecule has 116 valence electrons.